The predicted octanol–water partition coefficient (Wildman–Crippen LogP) is 5.30. The Morgan fingerprint density at radius 3 is 1.86 bits per heavy atom. The Labute approximate surface area is 203 Å². The summed E-state index contributed by atoms with van der Waals surface area (Å²) in [6.07, 6.45) is 0. The van der Waals surface area contributed by atoms with Crippen LogP contribution in [0.25, 0.3) is 0 Å². The fraction of sp³-hybridized carbons (Fsp3) is 0.0370. The van der Waals surface area contributed by atoms with Crippen molar-refractivity contribution in [3.8, 4) is 0 Å². The molecule has 0 unspecified atom stereocenters. The molecule has 0 aliphatic heterocycles. The zero-order valence-electron chi connectivity index (χ0n) is 18.9. The van der Waals surface area contributed by atoms with Crippen LogP contribution < -0.4 is 15.4 Å². The zero-order chi connectivity index (χ0) is 24.8. The predicted molar refractivity (Wildman–Crippen MR) is 137 cm³/mol. The molecule has 0 saturated carbocycles. The number of hydrogen-bond donors (Lipinski definition) is 3. The average molecular weight is 486 g/mol. The molecule has 0 aliphatic rings. The van der Waals surface area contributed by atoms with Gasteiger partial charge in [0.15, 0.2) is 0 Å². The van der Waals surface area contributed by atoms with E-state index in [0.29, 0.717) is 22.6 Å². The van der Waals surface area contributed by atoms with Crippen molar-refractivity contribution in [1.29, 1.82) is 0 Å². The van der Waals surface area contributed by atoms with Gasteiger partial charge in [0, 0.05) is 28.2 Å². The minimum absolute atomic E-state index is 0.0319. The summed E-state index contributed by atoms with van der Waals surface area (Å²) in [7, 11) is -3.88. The summed E-state index contributed by atoms with van der Waals surface area (Å²) in [6.45, 7) is 1.87. The van der Waals surface area contributed by atoms with Gasteiger partial charge >= 0.3 is 0 Å². The first-order valence-corrected chi connectivity index (χ1v) is 12.3. The molecule has 0 radical (unpaired) electrons. The summed E-state index contributed by atoms with van der Waals surface area (Å²) in [5, 5.41) is 5.53. The summed E-state index contributed by atoms with van der Waals surface area (Å²) in [5.41, 5.74) is 3.01. The summed E-state index contributed by atoms with van der Waals surface area (Å²) in [6, 6.07) is 28.3. The maximum absolute atomic E-state index is 12.8. The highest BCUT2D eigenvalue weighted by molar-refractivity contribution is 7.92. The van der Waals surface area contributed by atoms with Gasteiger partial charge in [-0.3, -0.25) is 14.3 Å². The van der Waals surface area contributed by atoms with Gasteiger partial charge in [-0.1, -0.05) is 42.5 Å². The number of rotatable bonds is 7. The van der Waals surface area contributed by atoms with E-state index in [2.05, 4.69) is 15.4 Å². The van der Waals surface area contributed by atoms with E-state index in [-0.39, 0.29) is 16.4 Å². The topological polar surface area (TPSA) is 104 Å². The second-order valence-electron chi connectivity index (χ2n) is 7.86. The van der Waals surface area contributed by atoms with Crippen LogP contribution in [-0.4, -0.2) is 20.2 Å². The molecule has 0 aromatic heterocycles. The molecular formula is C27H23N3O4S. The second-order valence-corrected chi connectivity index (χ2v) is 9.54. The minimum Gasteiger partial charge on any atom is -0.322 e. The Morgan fingerprint density at radius 2 is 1.17 bits per heavy atom. The van der Waals surface area contributed by atoms with Crippen molar-refractivity contribution >= 4 is 38.9 Å². The molecule has 4 aromatic rings. The van der Waals surface area contributed by atoms with Crippen LogP contribution in [0.4, 0.5) is 17.1 Å². The van der Waals surface area contributed by atoms with Crippen molar-refractivity contribution < 1.29 is 18.0 Å². The van der Waals surface area contributed by atoms with Gasteiger partial charge in [-0.25, -0.2) is 8.42 Å². The van der Waals surface area contributed by atoms with Gasteiger partial charge in [0.05, 0.1) is 4.90 Å². The van der Waals surface area contributed by atoms with Crippen LogP contribution in [-0.2, 0) is 10.0 Å². The molecule has 3 N–H and O–H groups in total. The number of sulfonamides is 1. The van der Waals surface area contributed by atoms with Gasteiger partial charge in [-0.2, -0.15) is 0 Å². The monoisotopic (exact) mass is 485 g/mol. The van der Waals surface area contributed by atoms with Crippen molar-refractivity contribution in [2.75, 3.05) is 15.4 Å². The third kappa shape index (κ3) is 6.13. The molecule has 8 heteroatoms. The third-order valence-corrected chi connectivity index (χ3v) is 6.47. The first-order valence-electron chi connectivity index (χ1n) is 10.8. The number of anilines is 3. The van der Waals surface area contributed by atoms with Gasteiger partial charge in [-0.15, -0.1) is 0 Å². The maximum Gasteiger partial charge on any atom is 0.261 e. The molecule has 2 amide bonds. The van der Waals surface area contributed by atoms with E-state index in [9.17, 15) is 18.0 Å². The molecular weight excluding hydrogens is 462 g/mol. The maximum atomic E-state index is 12.8. The summed E-state index contributed by atoms with van der Waals surface area (Å²) in [4.78, 5) is 25.2. The number of carbonyl (C=O) groups is 2. The van der Waals surface area contributed by atoms with Gasteiger partial charge in [0.2, 0.25) is 0 Å². The fourth-order valence-electron chi connectivity index (χ4n) is 3.40. The van der Waals surface area contributed by atoms with E-state index in [4.69, 9.17) is 0 Å². The Bertz CT molecular complexity index is 1490. The van der Waals surface area contributed by atoms with Crippen LogP contribution in [0.2, 0.25) is 0 Å². The highest BCUT2D eigenvalue weighted by Crippen LogP contribution is 2.20. The number of benzene rings is 4. The molecule has 0 heterocycles. The van der Waals surface area contributed by atoms with Crippen LogP contribution in [0.3, 0.4) is 0 Å². The number of amides is 2. The van der Waals surface area contributed by atoms with Crippen molar-refractivity contribution in [2.45, 2.75) is 11.8 Å². The molecule has 0 atom stereocenters. The van der Waals surface area contributed by atoms with Gasteiger partial charge in [-0.05, 0) is 73.2 Å². The number of nitrogens with one attached hydrogen (secondary N) is 3. The minimum atomic E-state index is -3.88. The van der Waals surface area contributed by atoms with E-state index in [1.807, 2.05) is 19.1 Å². The molecule has 0 spiro atoms. The molecule has 4 aromatic carbocycles. The summed E-state index contributed by atoms with van der Waals surface area (Å²) >= 11 is 0. The highest BCUT2D eigenvalue weighted by Gasteiger charge is 2.17. The van der Waals surface area contributed by atoms with E-state index >= 15 is 0 Å². The van der Waals surface area contributed by atoms with Crippen molar-refractivity contribution in [1.82, 2.24) is 0 Å². The zero-order valence-corrected chi connectivity index (χ0v) is 19.7. The van der Waals surface area contributed by atoms with Crippen LogP contribution in [0.1, 0.15) is 26.3 Å². The first kappa shape index (κ1) is 23.7. The summed E-state index contributed by atoms with van der Waals surface area (Å²) in [5.74, 6) is -0.753. The lowest BCUT2D eigenvalue weighted by molar-refractivity contribution is 0.101. The van der Waals surface area contributed by atoms with Crippen LogP contribution >= 0.6 is 0 Å². The van der Waals surface area contributed by atoms with Crippen molar-refractivity contribution in [3.63, 3.8) is 0 Å². The van der Waals surface area contributed by atoms with E-state index < -0.39 is 15.9 Å². The van der Waals surface area contributed by atoms with Gasteiger partial charge in [0.25, 0.3) is 21.8 Å². The lowest BCUT2D eigenvalue weighted by atomic mass is 10.2. The van der Waals surface area contributed by atoms with Gasteiger partial charge in [0.1, 0.15) is 0 Å². The lowest BCUT2D eigenvalue weighted by Gasteiger charge is -2.11. The average Bonchev–Trinajstić information content (AvgIpc) is 2.84. The highest BCUT2D eigenvalue weighted by atomic mass is 32.2. The Hall–Kier alpha value is -4.43. The molecule has 0 saturated heterocycles. The van der Waals surface area contributed by atoms with E-state index in [1.54, 1.807) is 66.7 Å². The standard InChI is InChI=1S/C27H23N3O4S/c1-19-8-5-14-24(16-19)30-35(33,34)25-15-6-11-21(17-25)27(32)29-23-13-7-12-22(18-23)28-26(31)20-9-3-2-4-10-20/h2-18,30H,1H3,(H,28,31)(H,29,32). The molecule has 4 rings (SSSR count). The van der Waals surface area contributed by atoms with Crippen molar-refractivity contribution in [3.05, 3.63) is 120 Å². The van der Waals surface area contributed by atoms with Crippen LogP contribution in [0.5, 0.6) is 0 Å². The number of hydrogen-bond acceptors (Lipinski definition) is 4. The molecule has 0 fully saturated rings. The quantitative estimate of drug-likeness (QED) is 0.330. The third-order valence-electron chi connectivity index (χ3n) is 5.09. The first-order chi connectivity index (χ1) is 16.8. The molecule has 0 aliphatic carbocycles. The Morgan fingerprint density at radius 1 is 0.600 bits per heavy atom. The van der Waals surface area contributed by atoms with Crippen LogP contribution in [0, 0.1) is 6.92 Å². The lowest BCUT2D eigenvalue weighted by Crippen LogP contribution is -2.16. The Kier molecular flexibility index (Phi) is 6.93. The number of carbonyl (C=O) groups excluding carboxylic acids is 2. The second kappa shape index (κ2) is 10.2. The van der Waals surface area contributed by atoms with E-state index in [1.165, 1.54) is 24.3 Å². The van der Waals surface area contributed by atoms with Gasteiger partial charge < -0.3 is 10.6 Å². The summed E-state index contributed by atoms with van der Waals surface area (Å²) < 4.78 is 28.2. The van der Waals surface area contributed by atoms with Crippen LogP contribution in [0.15, 0.2) is 108 Å². The number of aryl methyl sites for hydroxylation is 1. The normalized spacial score (nSPS) is 10.9. The molecule has 0 bridgehead atoms. The molecule has 176 valence electrons. The molecule has 35 heavy (non-hydrogen) atoms. The largest absolute Gasteiger partial charge is 0.322 e. The fourth-order valence-corrected chi connectivity index (χ4v) is 4.49. The smallest absolute Gasteiger partial charge is 0.261 e. The van der Waals surface area contributed by atoms with Crippen molar-refractivity contribution in [2.24, 2.45) is 0 Å². The Balaban J connectivity index is 1.47. The van der Waals surface area contributed by atoms with E-state index in [0.717, 1.165) is 5.56 Å². The molecule has 7 nitrogen and oxygen atoms in total. The SMILES string of the molecule is Cc1cccc(NS(=O)(=O)c2cccc(C(=O)Nc3cccc(NC(=O)c4ccccc4)c3)c2)c1.